The number of carbonyl (C=O) groups excluding carboxylic acids is 1. The summed E-state index contributed by atoms with van der Waals surface area (Å²) in [7, 11) is 0. The van der Waals surface area contributed by atoms with Crippen LogP contribution < -0.4 is 5.32 Å². The zero-order chi connectivity index (χ0) is 22.9. The fourth-order valence-electron chi connectivity index (χ4n) is 4.03. The second-order valence-corrected chi connectivity index (χ2v) is 7.99. The van der Waals surface area contributed by atoms with Gasteiger partial charge in [0.2, 0.25) is 0 Å². The highest BCUT2D eigenvalue weighted by Gasteiger charge is 2.21. The molecule has 3 rings (SSSR count). The van der Waals surface area contributed by atoms with Crippen LogP contribution >= 0.6 is 0 Å². The minimum Gasteiger partial charge on any atom is -0.348 e. The normalized spacial score (nSPS) is 11.8. The van der Waals surface area contributed by atoms with E-state index < -0.39 is 0 Å². The van der Waals surface area contributed by atoms with Crippen molar-refractivity contribution in [2.75, 3.05) is 19.6 Å². The summed E-state index contributed by atoms with van der Waals surface area (Å²) in [5.74, 6) is -0.218. The first kappa shape index (κ1) is 23.3. The highest BCUT2D eigenvalue weighted by atomic mass is 16.2. The van der Waals surface area contributed by atoms with Gasteiger partial charge in [-0.1, -0.05) is 62.4 Å². The van der Waals surface area contributed by atoms with Crippen molar-refractivity contribution in [1.82, 2.24) is 14.8 Å². The summed E-state index contributed by atoms with van der Waals surface area (Å²) in [6.07, 6.45) is 3.72. The Labute approximate surface area is 191 Å². The van der Waals surface area contributed by atoms with Gasteiger partial charge in [-0.3, -0.25) is 4.79 Å². The van der Waals surface area contributed by atoms with Crippen molar-refractivity contribution in [3.8, 4) is 22.9 Å². The number of rotatable bonds is 10. The van der Waals surface area contributed by atoms with Gasteiger partial charge < -0.3 is 14.8 Å². The average Bonchev–Trinajstić information content (AvgIpc) is 3.26. The number of aromatic nitrogens is 1. The van der Waals surface area contributed by atoms with E-state index in [9.17, 15) is 10.1 Å². The minimum absolute atomic E-state index is 0.0253. The molecule has 1 heterocycles. The Hall–Kier alpha value is -3.36. The van der Waals surface area contributed by atoms with Crippen molar-refractivity contribution in [1.29, 1.82) is 5.26 Å². The Balaban J connectivity index is 1.84. The molecule has 0 saturated heterocycles. The first-order valence-corrected chi connectivity index (χ1v) is 11.4. The third-order valence-corrected chi connectivity index (χ3v) is 5.85. The molecule has 0 aliphatic heterocycles. The van der Waals surface area contributed by atoms with Gasteiger partial charge >= 0.3 is 0 Å². The van der Waals surface area contributed by atoms with E-state index in [1.54, 1.807) is 12.3 Å². The summed E-state index contributed by atoms with van der Waals surface area (Å²) in [5, 5.41) is 12.8. The summed E-state index contributed by atoms with van der Waals surface area (Å²) in [5.41, 5.74) is 3.70. The summed E-state index contributed by atoms with van der Waals surface area (Å²) in [4.78, 5) is 15.6. The van der Waals surface area contributed by atoms with Crippen LogP contribution in [0.1, 0.15) is 49.7 Å². The van der Waals surface area contributed by atoms with Gasteiger partial charge in [0.1, 0.15) is 11.8 Å². The number of para-hydroxylation sites is 1. The van der Waals surface area contributed by atoms with Crippen molar-refractivity contribution in [2.45, 2.75) is 39.7 Å². The van der Waals surface area contributed by atoms with Crippen LogP contribution in [-0.4, -0.2) is 41.1 Å². The lowest BCUT2D eigenvalue weighted by Crippen LogP contribution is -2.35. The molecule has 3 aromatic rings. The number of nitriles is 1. The van der Waals surface area contributed by atoms with Crippen molar-refractivity contribution in [2.24, 2.45) is 0 Å². The van der Waals surface area contributed by atoms with Gasteiger partial charge in [-0.2, -0.15) is 5.26 Å². The zero-order valence-electron chi connectivity index (χ0n) is 19.2. The van der Waals surface area contributed by atoms with Gasteiger partial charge in [0.25, 0.3) is 5.91 Å². The first-order valence-electron chi connectivity index (χ1n) is 11.4. The molecule has 1 unspecified atom stereocenters. The first-order chi connectivity index (χ1) is 15.6. The van der Waals surface area contributed by atoms with Crippen molar-refractivity contribution in [3.05, 3.63) is 78.1 Å². The summed E-state index contributed by atoms with van der Waals surface area (Å²) in [6.45, 7) is 9.46. The summed E-state index contributed by atoms with van der Waals surface area (Å²) in [6, 6.07) is 21.9. The van der Waals surface area contributed by atoms with Gasteiger partial charge in [-0.25, -0.2) is 0 Å². The fourth-order valence-corrected chi connectivity index (χ4v) is 4.03. The van der Waals surface area contributed by atoms with Gasteiger partial charge in [-0.15, -0.1) is 0 Å². The Morgan fingerprint density at radius 2 is 1.75 bits per heavy atom. The molecule has 0 spiro atoms. The molecule has 32 heavy (non-hydrogen) atoms. The summed E-state index contributed by atoms with van der Waals surface area (Å²) >= 11 is 0. The van der Waals surface area contributed by atoms with Gasteiger partial charge in [-0.05, 0) is 57.1 Å². The molecule has 166 valence electrons. The van der Waals surface area contributed by atoms with Crippen LogP contribution in [0.4, 0.5) is 0 Å². The molecule has 1 amide bonds. The van der Waals surface area contributed by atoms with Crippen molar-refractivity contribution < 1.29 is 4.79 Å². The number of hydrogen-bond acceptors (Lipinski definition) is 3. The Morgan fingerprint density at radius 1 is 1.06 bits per heavy atom. The van der Waals surface area contributed by atoms with Gasteiger partial charge in [0, 0.05) is 17.8 Å². The third kappa shape index (κ3) is 5.46. The largest absolute Gasteiger partial charge is 0.348 e. The Morgan fingerprint density at radius 3 is 2.44 bits per heavy atom. The van der Waals surface area contributed by atoms with E-state index in [0.717, 1.165) is 49.3 Å². The SMILES string of the molecule is CCN(CC)CCCC(C)NC(=O)c1c(C#N)ccn1-c1ccccc1-c1ccccc1. The molecule has 5 nitrogen and oxygen atoms in total. The molecule has 1 N–H and O–H groups in total. The molecule has 0 radical (unpaired) electrons. The van der Waals surface area contributed by atoms with Gasteiger partial charge in [0.15, 0.2) is 0 Å². The number of nitrogens with zero attached hydrogens (tertiary/aromatic N) is 3. The monoisotopic (exact) mass is 428 g/mol. The average molecular weight is 429 g/mol. The molecule has 1 atom stereocenters. The van der Waals surface area contributed by atoms with E-state index in [-0.39, 0.29) is 11.9 Å². The van der Waals surface area contributed by atoms with Crippen molar-refractivity contribution >= 4 is 5.91 Å². The topological polar surface area (TPSA) is 61.1 Å². The third-order valence-electron chi connectivity index (χ3n) is 5.85. The fraction of sp³-hybridized carbons (Fsp3) is 0.333. The Kier molecular flexibility index (Phi) is 8.24. The molecule has 2 aromatic carbocycles. The lowest BCUT2D eigenvalue weighted by molar-refractivity contribution is 0.0930. The molecule has 5 heteroatoms. The maximum Gasteiger partial charge on any atom is 0.269 e. The van der Waals surface area contributed by atoms with E-state index in [4.69, 9.17) is 0 Å². The molecular weight excluding hydrogens is 396 g/mol. The molecule has 0 aliphatic rings. The number of carbonyl (C=O) groups is 1. The number of nitrogens with one attached hydrogen (secondary N) is 1. The zero-order valence-corrected chi connectivity index (χ0v) is 19.2. The molecular formula is C27H32N4O. The minimum atomic E-state index is -0.218. The summed E-state index contributed by atoms with van der Waals surface area (Å²) < 4.78 is 1.83. The number of amides is 1. The predicted octanol–water partition coefficient (Wildman–Crippen LogP) is 5.26. The maximum absolute atomic E-state index is 13.3. The van der Waals surface area contributed by atoms with Crippen LogP contribution in [-0.2, 0) is 0 Å². The number of hydrogen-bond donors (Lipinski definition) is 1. The highest BCUT2D eigenvalue weighted by molar-refractivity contribution is 5.96. The second kappa shape index (κ2) is 11.3. The smallest absolute Gasteiger partial charge is 0.269 e. The van der Waals surface area contributed by atoms with E-state index >= 15 is 0 Å². The quantitative estimate of drug-likeness (QED) is 0.479. The van der Waals surface area contributed by atoms with Crippen LogP contribution in [0.15, 0.2) is 66.9 Å². The van der Waals surface area contributed by atoms with Crippen LogP contribution in [0.2, 0.25) is 0 Å². The second-order valence-electron chi connectivity index (χ2n) is 7.99. The standard InChI is InChI=1S/C27H32N4O/c1-4-30(5-2)18-11-12-21(3)29-27(32)26-23(20-28)17-19-31(26)25-16-10-9-15-24(25)22-13-7-6-8-14-22/h6-10,13-17,19,21H,4-5,11-12,18H2,1-3H3,(H,29,32). The molecule has 0 fully saturated rings. The molecule has 1 aromatic heterocycles. The van der Waals surface area contributed by atoms with E-state index in [2.05, 4.69) is 30.1 Å². The lowest BCUT2D eigenvalue weighted by Gasteiger charge is -2.20. The highest BCUT2D eigenvalue weighted by Crippen LogP contribution is 2.28. The van der Waals surface area contributed by atoms with E-state index in [0.29, 0.717) is 11.3 Å². The van der Waals surface area contributed by atoms with E-state index in [1.165, 1.54) is 0 Å². The van der Waals surface area contributed by atoms with Crippen LogP contribution in [0.3, 0.4) is 0 Å². The molecule has 0 aliphatic carbocycles. The lowest BCUT2D eigenvalue weighted by atomic mass is 10.0. The van der Waals surface area contributed by atoms with Crippen LogP contribution in [0, 0.1) is 11.3 Å². The van der Waals surface area contributed by atoms with Crippen LogP contribution in [0.5, 0.6) is 0 Å². The van der Waals surface area contributed by atoms with Crippen molar-refractivity contribution in [3.63, 3.8) is 0 Å². The van der Waals surface area contributed by atoms with Crippen LogP contribution in [0.25, 0.3) is 16.8 Å². The molecule has 0 bridgehead atoms. The number of benzene rings is 2. The predicted molar refractivity (Wildman–Crippen MR) is 130 cm³/mol. The van der Waals surface area contributed by atoms with E-state index in [1.807, 2.05) is 66.1 Å². The molecule has 0 saturated carbocycles. The maximum atomic E-state index is 13.3. The van der Waals surface area contributed by atoms with Gasteiger partial charge in [0.05, 0.1) is 11.3 Å². The Bertz CT molecular complexity index is 1060.